The monoisotopic (exact) mass is 267 g/mol. The van der Waals surface area contributed by atoms with E-state index in [4.69, 9.17) is 10.5 Å². The maximum absolute atomic E-state index is 12.1. The predicted molar refractivity (Wildman–Crippen MR) is 76.3 cm³/mol. The second kappa shape index (κ2) is 4.87. The van der Waals surface area contributed by atoms with Crippen LogP contribution in [0.5, 0.6) is 0 Å². The van der Waals surface area contributed by atoms with Crippen LogP contribution in [-0.4, -0.2) is 22.4 Å². The molecule has 0 bridgehead atoms. The minimum atomic E-state index is -0.415. The van der Waals surface area contributed by atoms with Crippen molar-refractivity contribution in [2.45, 2.75) is 59.4 Å². The standard InChI is InChI=1S/C14H25N3O2/c1-8-19-12(18)10-9(13(2,3)4)11(15)17(16-10)14(5,6)7/h8,15H2,1-7H3. The molecular formula is C14H25N3O2. The number of nitrogens with zero attached hydrogens (tertiary/aromatic N) is 2. The Balaban J connectivity index is 3.50. The minimum absolute atomic E-state index is 0.268. The number of ether oxygens (including phenoxy) is 1. The first-order valence-electron chi connectivity index (χ1n) is 6.56. The Labute approximate surface area is 115 Å². The van der Waals surface area contributed by atoms with Gasteiger partial charge in [0, 0.05) is 5.56 Å². The van der Waals surface area contributed by atoms with Crippen LogP contribution in [0.2, 0.25) is 0 Å². The lowest BCUT2D eigenvalue weighted by Gasteiger charge is -2.23. The third-order valence-electron chi connectivity index (χ3n) is 2.78. The van der Waals surface area contributed by atoms with Gasteiger partial charge in [0.05, 0.1) is 12.1 Å². The van der Waals surface area contributed by atoms with Gasteiger partial charge in [0.2, 0.25) is 0 Å². The SMILES string of the molecule is CCOC(=O)c1nn(C(C)(C)C)c(N)c1C(C)(C)C. The molecule has 0 saturated carbocycles. The number of anilines is 1. The molecule has 1 aromatic rings. The number of nitrogen functional groups attached to an aromatic ring is 1. The molecule has 0 aromatic carbocycles. The molecule has 1 heterocycles. The fraction of sp³-hybridized carbons (Fsp3) is 0.714. The molecule has 0 aliphatic carbocycles. The van der Waals surface area contributed by atoms with Gasteiger partial charge in [-0.15, -0.1) is 0 Å². The molecule has 0 amide bonds. The summed E-state index contributed by atoms with van der Waals surface area (Å²) in [5, 5.41) is 4.38. The van der Waals surface area contributed by atoms with E-state index >= 15 is 0 Å². The van der Waals surface area contributed by atoms with Gasteiger partial charge in [0.25, 0.3) is 0 Å². The lowest BCUT2D eigenvalue weighted by atomic mass is 9.86. The fourth-order valence-corrected chi connectivity index (χ4v) is 2.02. The molecule has 2 N–H and O–H groups in total. The smallest absolute Gasteiger partial charge is 0.359 e. The van der Waals surface area contributed by atoms with Gasteiger partial charge in [-0.3, -0.25) is 0 Å². The predicted octanol–water partition coefficient (Wildman–Crippen LogP) is 2.69. The lowest BCUT2D eigenvalue weighted by Crippen LogP contribution is -2.25. The van der Waals surface area contributed by atoms with E-state index in [1.165, 1.54) is 0 Å². The highest BCUT2D eigenvalue weighted by Crippen LogP contribution is 2.34. The van der Waals surface area contributed by atoms with Crippen LogP contribution in [0.15, 0.2) is 0 Å². The van der Waals surface area contributed by atoms with Crippen molar-refractivity contribution in [3.8, 4) is 0 Å². The van der Waals surface area contributed by atoms with Crippen molar-refractivity contribution in [2.75, 3.05) is 12.3 Å². The molecule has 0 unspecified atom stereocenters. The van der Waals surface area contributed by atoms with Crippen LogP contribution < -0.4 is 5.73 Å². The number of aromatic nitrogens is 2. The molecule has 0 saturated heterocycles. The van der Waals surface area contributed by atoms with Crippen LogP contribution in [-0.2, 0) is 15.7 Å². The molecule has 1 aromatic heterocycles. The summed E-state index contributed by atoms with van der Waals surface area (Å²) in [4.78, 5) is 12.1. The van der Waals surface area contributed by atoms with E-state index in [1.807, 2.05) is 41.5 Å². The molecule has 19 heavy (non-hydrogen) atoms. The summed E-state index contributed by atoms with van der Waals surface area (Å²) >= 11 is 0. The van der Waals surface area contributed by atoms with Crippen molar-refractivity contribution < 1.29 is 9.53 Å². The summed E-state index contributed by atoms with van der Waals surface area (Å²) in [5.74, 6) is 0.116. The van der Waals surface area contributed by atoms with Crippen LogP contribution in [0.3, 0.4) is 0 Å². The lowest BCUT2D eigenvalue weighted by molar-refractivity contribution is 0.0515. The van der Waals surface area contributed by atoms with Crippen molar-refractivity contribution in [1.29, 1.82) is 0 Å². The molecule has 1 rings (SSSR count). The summed E-state index contributed by atoms with van der Waals surface area (Å²) in [6.45, 7) is 14.1. The molecule has 0 spiro atoms. The van der Waals surface area contributed by atoms with Gasteiger partial charge in [-0.2, -0.15) is 5.10 Å². The molecule has 0 aliphatic heterocycles. The van der Waals surface area contributed by atoms with E-state index in [2.05, 4.69) is 5.10 Å². The van der Waals surface area contributed by atoms with Gasteiger partial charge < -0.3 is 10.5 Å². The number of hydrogen-bond donors (Lipinski definition) is 1. The molecule has 0 fully saturated rings. The van der Waals surface area contributed by atoms with Crippen molar-refractivity contribution in [3.05, 3.63) is 11.3 Å². The highest BCUT2D eigenvalue weighted by molar-refractivity contribution is 5.91. The summed E-state index contributed by atoms with van der Waals surface area (Å²) in [5.41, 5.74) is 6.72. The maximum Gasteiger partial charge on any atom is 0.359 e. The van der Waals surface area contributed by atoms with Crippen molar-refractivity contribution in [1.82, 2.24) is 9.78 Å². The first-order valence-corrected chi connectivity index (χ1v) is 6.56. The van der Waals surface area contributed by atoms with Gasteiger partial charge in [-0.05, 0) is 33.1 Å². The van der Waals surface area contributed by atoms with E-state index in [0.717, 1.165) is 5.56 Å². The third kappa shape index (κ3) is 3.08. The van der Waals surface area contributed by atoms with E-state index in [1.54, 1.807) is 11.6 Å². The molecule has 0 radical (unpaired) electrons. The van der Waals surface area contributed by atoms with Gasteiger partial charge in [0.1, 0.15) is 5.82 Å². The molecule has 108 valence electrons. The number of nitrogens with two attached hydrogens (primary N) is 1. The number of esters is 1. The minimum Gasteiger partial charge on any atom is -0.461 e. The zero-order chi connectivity index (χ0) is 15.0. The molecule has 5 heteroatoms. The Morgan fingerprint density at radius 3 is 2.16 bits per heavy atom. The van der Waals surface area contributed by atoms with E-state index < -0.39 is 5.97 Å². The Bertz CT molecular complexity index is 476. The average molecular weight is 267 g/mol. The highest BCUT2D eigenvalue weighted by Gasteiger charge is 2.33. The zero-order valence-electron chi connectivity index (χ0n) is 13.0. The average Bonchev–Trinajstić information content (AvgIpc) is 2.55. The van der Waals surface area contributed by atoms with Crippen molar-refractivity contribution in [3.63, 3.8) is 0 Å². The summed E-state index contributed by atoms with van der Waals surface area (Å²) < 4.78 is 6.77. The largest absolute Gasteiger partial charge is 0.461 e. The normalized spacial score (nSPS) is 12.6. The van der Waals surface area contributed by atoms with Crippen molar-refractivity contribution in [2.24, 2.45) is 0 Å². The van der Waals surface area contributed by atoms with Crippen LogP contribution in [0.25, 0.3) is 0 Å². The molecule has 0 aliphatic rings. The Kier molecular flexibility index (Phi) is 3.98. The van der Waals surface area contributed by atoms with Crippen LogP contribution in [0.4, 0.5) is 5.82 Å². The Morgan fingerprint density at radius 1 is 1.26 bits per heavy atom. The first-order chi connectivity index (χ1) is 8.50. The number of carbonyl (C=O) groups excluding carboxylic acids is 1. The summed E-state index contributed by atoms with van der Waals surface area (Å²) in [6.07, 6.45) is 0. The van der Waals surface area contributed by atoms with Gasteiger partial charge in [-0.1, -0.05) is 20.8 Å². The Morgan fingerprint density at radius 2 is 1.79 bits per heavy atom. The molecular weight excluding hydrogens is 242 g/mol. The summed E-state index contributed by atoms with van der Waals surface area (Å²) in [7, 11) is 0. The highest BCUT2D eigenvalue weighted by atomic mass is 16.5. The number of hydrogen-bond acceptors (Lipinski definition) is 4. The van der Waals surface area contributed by atoms with Gasteiger partial charge in [-0.25, -0.2) is 9.48 Å². The zero-order valence-corrected chi connectivity index (χ0v) is 13.0. The van der Waals surface area contributed by atoms with E-state index in [9.17, 15) is 4.79 Å². The van der Waals surface area contributed by atoms with Crippen LogP contribution in [0.1, 0.15) is 64.5 Å². The van der Waals surface area contributed by atoms with Crippen LogP contribution in [0, 0.1) is 0 Å². The first kappa shape index (κ1) is 15.5. The summed E-state index contributed by atoms with van der Waals surface area (Å²) in [6, 6.07) is 0. The van der Waals surface area contributed by atoms with Gasteiger partial charge >= 0.3 is 5.97 Å². The van der Waals surface area contributed by atoms with E-state index in [0.29, 0.717) is 18.1 Å². The Hall–Kier alpha value is -1.52. The number of carbonyl (C=O) groups is 1. The van der Waals surface area contributed by atoms with Gasteiger partial charge in [0.15, 0.2) is 5.69 Å². The topological polar surface area (TPSA) is 70.1 Å². The molecule has 5 nitrogen and oxygen atoms in total. The number of rotatable bonds is 2. The molecule has 0 atom stereocenters. The fourth-order valence-electron chi connectivity index (χ4n) is 2.02. The van der Waals surface area contributed by atoms with E-state index in [-0.39, 0.29) is 11.0 Å². The second-order valence-corrected chi connectivity index (χ2v) is 6.66. The van der Waals surface area contributed by atoms with Crippen molar-refractivity contribution >= 4 is 11.8 Å². The third-order valence-corrected chi connectivity index (χ3v) is 2.78. The quantitative estimate of drug-likeness (QED) is 0.836. The second-order valence-electron chi connectivity index (χ2n) is 6.66. The maximum atomic E-state index is 12.1. The van der Waals surface area contributed by atoms with Crippen LogP contribution >= 0.6 is 0 Å².